The number of hydrazone groups is 1. The van der Waals surface area contributed by atoms with Crippen molar-refractivity contribution in [1.29, 1.82) is 0 Å². The topological polar surface area (TPSA) is 59.9 Å². The molecule has 0 aliphatic rings. The van der Waals surface area contributed by atoms with E-state index in [0.717, 1.165) is 16.9 Å². The highest BCUT2D eigenvalue weighted by Gasteiger charge is 2.05. The molecule has 5 nitrogen and oxygen atoms in total. The molecule has 0 spiro atoms. The third kappa shape index (κ3) is 6.36. The van der Waals surface area contributed by atoms with Crippen molar-refractivity contribution in [2.75, 3.05) is 6.61 Å². The van der Waals surface area contributed by atoms with E-state index < -0.39 is 0 Å². The van der Waals surface area contributed by atoms with E-state index in [9.17, 15) is 4.79 Å². The van der Waals surface area contributed by atoms with Crippen LogP contribution in [-0.2, 0) is 11.2 Å². The predicted octanol–water partition coefficient (Wildman–Crippen LogP) is 4.74. The van der Waals surface area contributed by atoms with Crippen molar-refractivity contribution in [3.63, 3.8) is 0 Å². The number of hydrogen-bond acceptors (Lipinski definition) is 4. The van der Waals surface area contributed by atoms with Crippen LogP contribution in [0.2, 0.25) is 0 Å². The monoisotopic (exact) mass is 386 g/mol. The van der Waals surface area contributed by atoms with Gasteiger partial charge in [-0.15, -0.1) is 6.58 Å². The Bertz CT molecular complexity index is 984. The molecule has 0 unspecified atom stereocenters. The molecule has 3 rings (SSSR count). The molecule has 0 fully saturated rings. The van der Waals surface area contributed by atoms with Crippen molar-refractivity contribution in [3.8, 4) is 17.2 Å². The summed E-state index contributed by atoms with van der Waals surface area (Å²) in [6.45, 7) is 3.61. The first-order valence-corrected chi connectivity index (χ1v) is 9.21. The van der Waals surface area contributed by atoms with E-state index in [-0.39, 0.29) is 12.5 Å². The maximum absolute atomic E-state index is 12.0. The minimum absolute atomic E-state index is 0.122. The molecule has 0 aromatic heterocycles. The normalized spacial score (nSPS) is 10.5. The molecule has 29 heavy (non-hydrogen) atoms. The lowest BCUT2D eigenvalue weighted by Gasteiger charge is -2.09. The summed E-state index contributed by atoms with van der Waals surface area (Å²) < 4.78 is 11.4. The molecule has 0 aliphatic carbocycles. The lowest BCUT2D eigenvalue weighted by Crippen LogP contribution is -2.24. The van der Waals surface area contributed by atoms with Crippen molar-refractivity contribution in [1.82, 2.24) is 5.43 Å². The van der Waals surface area contributed by atoms with Crippen LogP contribution in [0.25, 0.3) is 0 Å². The first-order valence-electron chi connectivity index (χ1n) is 9.21. The number of ether oxygens (including phenoxy) is 2. The molecule has 0 bridgehead atoms. The molecule has 3 aromatic carbocycles. The zero-order chi connectivity index (χ0) is 20.3. The second kappa shape index (κ2) is 10.5. The van der Waals surface area contributed by atoms with Crippen molar-refractivity contribution in [3.05, 3.63) is 103 Å². The molecular weight excluding hydrogens is 364 g/mol. The number of allylic oxidation sites excluding steroid dienone is 1. The van der Waals surface area contributed by atoms with Gasteiger partial charge in [0.05, 0.1) is 6.21 Å². The van der Waals surface area contributed by atoms with E-state index in [1.165, 1.54) is 0 Å². The fourth-order valence-electron chi connectivity index (χ4n) is 2.61. The Hall–Kier alpha value is -3.86. The fraction of sp³-hybridized carbons (Fsp3) is 0.0833. The molecule has 0 radical (unpaired) electrons. The van der Waals surface area contributed by atoms with Gasteiger partial charge in [-0.05, 0) is 47.9 Å². The second-order valence-electron chi connectivity index (χ2n) is 6.17. The highest BCUT2D eigenvalue weighted by molar-refractivity contribution is 5.83. The molecule has 0 saturated carbocycles. The number of nitrogens with zero attached hydrogens (tertiary/aromatic N) is 1. The van der Waals surface area contributed by atoms with E-state index >= 15 is 0 Å². The average Bonchev–Trinajstić information content (AvgIpc) is 2.74. The summed E-state index contributed by atoms with van der Waals surface area (Å²) in [7, 11) is 0. The van der Waals surface area contributed by atoms with Crippen LogP contribution in [0.4, 0.5) is 0 Å². The van der Waals surface area contributed by atoms with Crippen LogP contribution in [0.3, 0.4) is 0 Å². The first kappa shape index (κ1) is 19.9. The first-order chi connectivity index (χ1) is 14.2. The molecule has 5 heteroatoms. The molecule has 3 aromatic rings. The summed E-state index contributed by atoms with van der Waals surface area (Å²) in [6.07, 6.45) is 4.03. The van der Waals surface area contributed by atoms with Gasteiger partial charge in [0.15, 0.2) is 6.61 Å². The van der Waals surface area contributed by atoms with Gasteiger partial charge in [0, 0.05) is 0 Å². The minimum Gasteiger partial charge on any atom is -0.483 e. The number of benzene rings is 3. The van der Waals surface area contributed by atoms with E-state index in [1.54, 1.807) is 12.3 Å². The maximum atomic E-state index is 12.0. The SMILES string of the molecule is C=CCc1ccccc1OCC(=O)NN=Cc1cccc(Oc2ccccc2)c1. The smallest absolute Gasteiger partial charge is 0.277 e. The van der Waals surface area contributed by atoms with Crippen LogP contribution in [0.15, 0.2) is 96.6 Å². The summed E-state index contributed by atoms with van der Waals surface area (Å²) in [6, 6.07) is 24.5. The zero-order valence-corrected chi connectivity index (χ0v) is 16.0. The van der Waals surface area contributed by atoms with Gasteiger partial charge in [0.2, 0.25) is 0 Å². The van der Waals surface area contributed by atoms with Crippen molar-refractivity contribution in [2.24, 2.45) is 5.10 Å². The number of carbonyl (C=O) groups excluding carboxylic acids is 1. The lowest BCUT2D eigenvalue weighted by molar-refractivity contribution is -0.123. The predicted molar refractivity (Wildman–Crippen MR) is 115 cm³/mol. The average molecular weight is 386 g/mol. The van der Waals surface area contributed by atoms with Crippen molar-refractivity contribution in [2.45, 2.75) is 6.42 Å². The fourth-order valence-corrected chi connectivity index (χ4v) is 2.61. The number of rotatable bonds is 9. The van der Waals surface area contributed by atoms with Gasteiger partial charge in [0.25, 0.3) is 5.91 Å². The van der Waals surface area contributed by atoms with Gasteiger partial charge >= 0.3 is 0 Å². The lowest BCUT2D eigenvalue weighted by atomic mass is 10.1. The number of carbonyl (C=O) groups is 1. The maximum Gasteiger partial charge on any atom is 0.277 e. The van der Waals surface area contributed by atoms with Crippen LogP contribution in [-0.4, -0.2) is 18.7 Å². The van der Waals surface area contributed by atoms with Crippen molar-refractivity contribution < 1.29 is 14.3 Å². The van der Waals surface area contributed by atoms with E-state index in [0.29, 0.717) is 17.9 Å². The molecule has 1 N–H and O–H groups in total. The second-order valence-corrected chi connectivity index (χ2v) is 6.17. The van der Waals surface area contributed by atoms with Gasteiger partial charge in [-0.25, -0.2) is 5.43 Å². The zero-order valence-electron chi connectivity index (χ0n) is 16.0. The summed E-state index contributed by atoms with van der Waals surface area (Å²) in [4.78, 5) is 12.0. The van der Waals surface area contributed by atoms with Crippen LogP contribution >= 0.6 is 0 Å². The third-order valence-electron chi connectivity index (χ3n) is 3.94. The van der Waals surface area contributed by atoms with E-state index in [2.05, 4.69) is 17.1 Å². The quantitative estimate of drug-likeness (QED) is 0.328. The Morgan fingerprint density at radius 2 is 1.72 bits per heavy atom. The van der Waals surface area contributed by atoms with Gasteiger partial charge < -0.3 is 9.47 Å². The molecular formula is C24H22N2O3. The Kier molecular flexibility index (Phi) is 7.18. The number of nitrogens with one attached hydrogen (secondary N) is 1. The van der Waals surface area contributed by atoms with E-state index in [4.69, 9.17) is 9.47 Å². The molecule has 0 aliphatic heterocycles. The highest BCUT2D eigenvalue weighted by Crippen LogP contribution is 2.21. The Morgan fingerprint density at radius 3 is 2.55 bits per heavy atom. The van der Waals surface area contributed by atoms with Gasteiger partial charge in [-0.3, -0.25) is 4.79 Å². The molecule has 0 atom stereocenters. The van der Waals surface area contributed by atoms with Gasteiger partial charge in [-0.1, -0.05) is 54.6 Å². The minimum atomic E-state index is -0.341. The van der Waals surface area contributed by atoms with Crippen LogP contribution in [0.5, 0.6) is 17.2 Å². The van der Waals surface area contributed by atoms with Crippen LogP contribution in [0.1, 0.15) is 11.1 Å². The highest BCUT2D eigenvalue weighted by atomic mass is 16.5. The van der Waals surface area contributed by atoms with Gasteiger partial charge in [-0.2, -0.15) is 5.10 Å². The summed E-state index contributed by atoms with van der Waals surface area (Å²) in [5, 5.41) is 3.98. The number of para-hydroxylation sites is 2. The van der Waals surface area contributed by atoms with Crippen LogP contribution < -0.4 is 14.9 Å². The summed E-state index contributed by atoms with van der Waals surface area (Å²) in [5.41, 5.74) is 4.25. The molecule has 146 valence electrons. The Morgan fingerprint density at radius 1 is 0.966 bits per heavy atom. The number of hydrogen-bond donors (Lipinski definition) is 1. The number of amides is 1. The van der Waals surface area contributed by atoms with E-state index in [1.807, 2.05) is 78.9 Å². The summed E-state index contributed by atoms with van der Waals surface area (Å²) in [5.74, 6) is 1.76. The molecule has 0 saturated heterocycles. The Balaban J connectivity index is 1.51. The third-order valence-corrected chi connectivity index (χ3v) is 3.94. The summed E-state index contributed by atoms with van der Waals surface area (Å²) >= 11 is 0. The largest absolute Gasteiger partial charge is 0.483 e. The molecule has 0 heterocycles. The van der Waals surface area contributed by atoms with Crippen molar-refractivity contribution >= 4 is 12.1 Å². The standard InChI is InChI=1S/C24H22N2O3/c1-2-9-20-11-6-7-15-23(20)28-18-24(27)26-25-17-19-10-8-14-22(16-19)29-21-12-4-3-5-13-21/h2-8,10-17H,1,9,18H2,(H,26,27). The molecule has 1 amide bonds. The Labute approximate surface area is 170 Å². The van der Waals surface area contributed by atoms with Crippen LogP contribution in [0, 0.1) is 0 Å². The van der Waals surface area contributed by atoms with Gasteiger partial charge in [0.1, 0.15) is 17.2 Å².